The van der Waals surface area contributed by atoms with Crippen LogP contribution in [0, 0.1) is 5.82 Å². The number of rotatable bonds is 4. The summed E-state index contributed by atoms with van der Waals surface area (Å²) < 4.78 is 41.3. The Labute approximate surface area is 149 Å². The van der Waals surface area contributed by atoms with E-state index in [-0.39, 0.29) is 0 Å². The first-order valence-corrected chi connectivity index (χ1v) is 9.20. The van der Waals surface area contributed by atoms with Gasteiger partial charge in [0.2, 0.25) is 10.0 Å². The molecule has 1 amide bonds. The van der Waals surface area contributed by atoms with Crippen molar-refractivity contribution in [1.29, 1.82) is 0 Å². The maximum Gasteiger partial charge on any atom is 0.341 e. The van der Waals surface area contributed by atoms with Gasteiger partial charge in [-0.1, -0.05) is 18.2 Å². The number of nitrogens with zero attached hydrogens (tertiary/aromatic N) is 1. The van der Waals surface area contributed by atoms with Crippen LogP contribution in [0.25, 0.3) is 0 Å². The van der Waals surface area contributed by atoms with Crippen LogP contribution in [0.4, 0.5) is 10.1 Å². The first kappa shape index (κ1) is 18.0. The van der Waals surface area contributed by atoms with Crippen LogP contribution in [0.1, 0.15) is 15.9 Å². The summed E-state index contributed by atoms with van der Waals surface area (Å²) in [7, 11) is -4.10. The average Bonchev–Trinajstić information content (AvgIpc) is 3.03. The highest BCUT2D eigenvalue weighted by Gasteiger charge is 2.26. The van der Waals surface area contributed by atoms with E-state index in [9.17, 15) is 22.4 Å². The SMILES string of the molecule is NS(=O)(=O)c1ccc(F)c(C(=O)OCC(=O)N2CCc3ccccc32)c1. The Hall–Kier alpha value is -2.78. The number of carbonyl (C=O) groups is 2. The van der Waals surface area contributed by atoms with E-state index in [4.69, 9.17) is 9.88 Å². The molecule has 0 aromatic heterocycles. The molecule has 3 rings (SSSR count). The molecule has 1 aliphatic rings. The third kappa shape index (κ3) is 3.58. The Bertz CT molecular complexity index is 990. The third-order valence-corrected chi connectivity index (χ3v) is 4.91. The van der Waals surface area contributed by atoms with Crippen molar-refractivity contribution in [2.75, 3.05) is 18.1 Å². The van der Waals surface area contributed by atoms with Gasteiger partial charge in [-0.15, -0.1) is 0 Å². The second kappa shape index (κ2) is 6.85. The van der Waals surface area contributed by atoms with E-state index < -0.39 is 44.8 Å². The topological polar surface area (TPSA) is 107 Å². The molecular formula is C17H15FN2O5S. The largest absolute Gasteiger partial charge is 0.452 e. The van der Waals surface area contributed by atoms with E-state index in [1.54, 1.807) is 12.1 Å². The zero-order chi connectivity index (χ0) is 18.9. The van der Waals surface area contributed by atoms with Crippen LogP contribution in [0.5, 0.6) is 0 Å². The van der Waals surface area contributed by atoms with Crippen molar-refractivity contribution in [2.45, 2.75) is 11.3 Å². The maximum absolute atomic E-state index is 13.8. The average molecular weight is 378 g/mol. The normalized spacial score (nSPS) is 13.4. The lowest BCUT2D eigenvalue weighted by Gasteiger charge is -2.17. The number of hydrogen-bond acceptors (Lipinski definition) is 5. The highest BCUT2D eigenvalue weighted by Crippen LogP contribution is 2.27. The molecule has 1 heterocycles. The van der Waals surface area contributed by atoms with Crippen LogP contribution in [0.15, 0.2) is 47.4 Å². The lowest BCUT2D eigenvalue weighted by molar-refractivity contribution is -0.121. The number of primary sulfonamides is 1. The van der Waals surface area contributed by atoms with Crippen LogP contribution in [0.3, 0.4) is 0 Å². The van der Waals surface area contributed by atoms with Crippen molar-refractivity contribution in [3.63, 3.8) is 0 Å². The number of benzene rings is 2. The van der Waals surface area contributed by atoms with Gasteiger partial charge in [-0.2, -0.15) is 0 Å². The second-order valence-electron chi connectivity index (χ2n) is 5.69. The van der Waals surface area contributed by atoms with E-state index >= 15 is 0 Å². The van der Waals surface area contributed by atoms with Gasteiger partial charge < -0.3 is 9.64 Å². The number of hydrogen-bond donors (Lipinski definition) is 1. The standard InChI is InChI=1S/C17H15FN2O5S/c18-14-6-5-12(26(19,23)24)9-13(14)17(22)25-10-16(21)20-8-7-11-3-1-2-4-15(11)20/h1-6,9H,7-8,10H2,(H2,19,23,24). The summed E-state index contributed by atoms with van der Waals surface area (Å²) in [6.45, 7) is -0.128. The Balaban J connectivity index is 1.71. The molecule has 0 bridgehead atoms. The molecule has 0 aliphatic carbocycles. The van der Waals surface area contributed by atoms with Crippen LogP contribution >= 0.6 is 0 Å². The smallest absolute Gasteiger partial charge is 0.341 e. The van der Waals surface area contributed by atoms with Crippen molar-refractivity contribution in [3.8, 4) is 0 Å². The van der Waals surface area contributed by atoms with Crippen molar-refractivity contribution < 1.29 is 27.1 Å². The second-order valence-corrected chi connectivity index (χ2v) is 7.25. The third-order valence-electron chi connectivity index (χ3n) is 4.00. The Morgan fingerprint density at radius 2 is 1.92 bits per heavy atom. The number of amides is 1. The fourth-order valence-corrected chi connectivity index (χ4v) is 3.26. The maximum atomic E-state index is 13.8. The van der Waals surface area contributed by atoms with Crippen molar-refractivity contribution in [3.05, 3.63) is 59.4 Å². The number of ether oxygens (including phenoxy) is 1. The predicted octanol–water partition coefficient (Wildman–Crippen LogP) is 1.22. The lowest BCUT2D eigenvalue weighted by Crippen LogP contribution is -2.33. The zero-order valence-corrected chi connectivity index (χ0v) is 14.3. The minimum atomic E-state index is -4.10. The van der Waals surface area contributed by atoms with Gasteiger partial charge in [-0.25, -0.2) is 22.7 Å². The van der Waals surface area contributed by atoms with Gasteiger partial charge >= 0.3 is 5.97 Å². The van der Waals surface area contributed by atoms with Crippen LogP contribution < -0.4 is 10.0 Å². The quantitative estimate of drug-likeness (QED) is 0.805. The summed E-state index contributed by atoms with van der Waals surface area (Å²) in [5, 5.41) is 4.96. The molecule has 0 saturated heterocycles. The summed E-state index contributed by atoms with van der Waals surface area (Å²) in [6, 6.07) is 9.88. The Kier molecular flexibility index (Phi) is 4.75. The minimum Gasteiger partial charge on any atom is -0.452 e. The van der Waals surface area contributed by atoms with E-state index in [0.29, 0.717) is 13.0 Å². The molecule has 1 aliphatic heterocycles. The molecule has 0 unspecified atom stereocenters. The molecule has 0 fully saturated rings. The molecular weight excluding hydrogens is 363 g/mol. The van der Waals surface area contributed by atoms with E-state index in [2.05, 4.69) is 0 Å². The zero-order valence-electron chi connectivity index (χ0n) is 13.5. The summed E-state index contributed by atoms with van der Waals surface area (Å²) >= 11 is 0. The molecule has 26 heavy (non-hydrogen) atoms. The molecule has 2 N–H and O–H groups in total. The highest BCUT2D eigenvalue weighted by molar-refractivity contribution is 7.89. The summed E-state index contributed by atoms with van der Waals surface area (Å²) in [6.07, 6.45) is 0.695. The van der Waals surface area contributed by atoms with Gasteiger partial charge in [0.1, 0.15) is 5.82 Å². The van der Waals surface area contributed by atoms with Gasteiger partial charge in [-0.05, 0) is 36.2 Å². The summed E-state index contributed by atoms with van der Waals surface area (Å²) in [5.41, 5.74) is 1.15. The number of fused-ring (bicyclic) bond motifs is 1. The van der Waals surface area contributed by atoms with Crippen molar-refractivity contribution in [2.24, 2.45) is 5.14 Å². The van der Waals surface area contributed by atoms with E-state index in [1.807, 2.05) is 12.1 Å². The summed E-state index contributed by atoms with van der Waals surface area (Å²) in [4.78, 5) is 25.4. The summed E-state index contributed by atoms with van der Waals surface area (Å²) in [5.74, 6) is -2.57. The number of para-hydroxylation sites is 1. The number of nitrogens with two attached hydrogens (primary N) is 1. The van der Waals surface area contributed by atoms with E-state index in [0.717, 1.165) is 29.4 Å². The number of anilines is 1. The number of sulfonamides is 1. The molecule has 136 valence electrons. The highest BCUT2D eigenvalue weighted by atomic mass is 32.2. The van der Waals surface area contributed by atoms with Crippen molar-refractivity contribution in [1.82, 2.24) is 0 Å². The molecule has 9 heteroatoms. The Morgan fingerprint density at radius 3 is 2.65 bits per heavy atom. The molecule has 2 aromatic carbocycles. The first-order chi connectivity index (χ1) is 12.3. The number of halogens is 1. The van der Waals surface area contributed by atoms with Gasteiger partial charge in [0.05, 0.1) is 10.5 Å². The monoisotopic (exact) mass is 378 g/mol. The van der Waals surface area contributed by atoms with Gasteiger partial charge in [-0.3, -0.25) is 4.79 Å². The molecule has 0 atom stereocenters. The lowest BCUT2D eigenvalue weighted by atomic mass is 10.2. The Morgan fingerprint density at radius 1 is 1.19 bits per heavy atom. The fourth-order valence-electron chi connectivity index (χ4n) is 2.72. The fraction of sp³-hybridized carbons (Fsp3) is 0.176. The van der Waals surface area contributed by atoms with E-state index in [1.165, 1.54) is 4.90 Å². The molecule has 2 aromatic rings. The molecule has 7 nitrogen and oxygen atoms in total. The number of esters is 1. The van der Waals surface area contributed by atoms with Gasteiger partial charge in [0.25, 0.3) is 5.91 Å². The molecule has 0 spiro atoms. The molecule has 0 radical (unpaired) electrons. The van der Waals surface area contributed by atoms with Gasteiger partial charge in [0.15, 0.2) is 6.61 Å². The minimum absolute atomic E-state index is 0.425. The number of carbonyl (C=O) groups excluding carboxylic acids is 2. The molecule has 0 saturated carbocycles. The predicted molar refractivity (Wildman–Crippen MR) is 90.6 cm³/mol. The van der Waals surface area contributed by atoms with Crippen LogP contribution in [-0.4, -0.2) is 33.4 Å². The van der Waals surface area contributed by atoms with Crippen molar-refractivity contribution >= 4 is 27.6 Å². The first-order valence-electron chi connectivity index (χ1n) is 7.65. The van der Waals surface area contributed by atoms with Gasteiger partial charge in [0, 0.05) is 12.2 Å². The van der Waals surface area contributed by atoms with Crippen LogP contribution in [-0.2, 0) is 26.0 Å². The van der Waals surface area contributed by atoms with Crippen LogP contribution in [0.2, 0.25) is 0 Å².